The van der Waals surface area contributed by atoms with E-state index in [9.17, 15) is 0 Å². The molecule has 0 aliphatic rings. The van der Waals surface area contributed by atoms with E-state index in [-0.39, 0.29) is 0 Å². The summed E-state index contributed by atoms with van der Waals surface area (Å²) in [6.07, 6.45) is 0. The largest absolute Gasteiger partial charge is 0.380 e. The number of anilines is 1. The van der Waals surface area contributed by atoms with E-state index in [0.29, 0.717) is 11.6 Å². The van der Waals surface area contributed by atoms with Crippen molar-refractivity contribution in [3.63, 3.8) is 0 Å². The molecule has 2 N–H and O–H groups in total. The van der Waals surface area contributed by atoms with Crippen LogP contribution in [0, 0.1) is 20.8 Å². The van der Waals surface area contributed by atoms with Gasteiger partial charge in [0.1, 0.15) is 0 Å². The highest BCUT2D eigenvalue weighted by atomic mass is 16.5. The molecule has 0 fully saturated rings. The number of nitrogens with two attached hydrogens (primary N) is 1. The zero-order valence-electron chi connectivity index (χ0n) is 12.2. The van der Waals surface area contributed by atoms with Gasteiger partial charge in [-0.05, 0) is 38.0 Å². The summed E-state index contributed by atoms with van der Waals surface area (Å²) in [5, 5.41) is 12.1. The molecule has 0 unspecified atom stereocenters. The van der Waals surface area contributed by atoms with Crippen molar-refractivity contribution in [1.29, 1.82) is 0 Å². The van der Waals surface area contributed by atoms with Crippen molar-refractivity contribution >= 4 is 5.82 Å². The molecule has 3 rings (SSSR count). The first-order valence-electron chi connectivity index (χ1n) is 6.70. The van der Waals surface area contributed by atoms with Crippen LogP contribution in [0.25, 0.3) is 22.5 Å². The van der Waals surface area contributed by atoms with Crippen molar-refractivity contribution in [2.75, 3.05) is 5.73 Å². The number of hydrogen-bond donors (Lipinski definition) is 1. The first-order chi connectivity index (χ1) is 10.1. The fourth-order valence-electron chi connectivity index (χ4n) is 2.38. The maximum atomic E-state index is 6.03. The Bertz CT molecular complexity index is 808. The van der Waals surface area contributed by atoms with E-state index in [1.807, 2.05) is 51.1 Å². The Kier molecular flexibility index (Phi) is 3.17. The van der Waals surface area contributed by atoms with E-state index in [4.69, 9.17) is 10.3 Å². The van der Waals surface area contributed by atoms with Gasteiger partial charge in [-0.15, -0.1) is 0 Å². The summed E-state index contributed by atoms with van der Waals surface area (Å²) >= 11 is 0. The molecule has 0 atom stereocenters. The van der Waals surface area contributed by atoms with Crippen LogP contribution in [0.3, 0.4) is 0 Å². The number of hydrogen-bond acceptors (Lipinski definition) is 5. The average Bonchev–Trinajstić information content (AvgIpc) is 2.84. The van der Waals surface area contributed by atoms with Crippen LogP contribution in [0.1, 0.15) is 17.0 Å². The second kappa shape index (κ2) is 5.01. The van der Waals surface area contributed by atoms with E-state index in [1.54, 1.807) is 0 Å². The average molecular weight is 280 g/mol. The summed E-state index contributed by atoms with van der Waals surface area (Å²) in [5.41, 5.74) is 11.4. The van der Waals surface area contributed by atoms with Gasteiger partial charge >= 0.3 is 0 Å². The number of aryl methyl sites for hydroxylation is 3. The molecule has 0 amide bonds. The molecule has 3 aromatic rings. The van der Waals surface area contributed by atoms with Crippen LogP contribution in [0.4, 0.5) is 5.82 Å². The third-order valence-electron chi connectivity index (χ3n) is 3.48. The van der Waals surface area contributed by atoms with Crippen LogP contribution in [-0.2, 0) is 0 Å². The summed E-state index contributed by atoms with van der Waals surface area (Å²) in [7, 11) is 0. The van der Waals surface area contributed by atoms with Gasteiger partial charge in [0, 0.05) is 5.56 Å². The Hall–Kier alpha value is -2.69. The molecule has 5 heteroatoms. The first-order valence-corrected chi connectivity index (χ1v) is 6.70. The minimum absolute atomic E-state index is 0.383. The van der Waals surface area contributed by atoms with E-state index in [2.05, 4.69) is 15.4 Å². The molecular formula is C16H16N4O. The third-order valence-corrected chi connectivity index (χ3v) is 3.48. The van der Waals surface area contributed by atoms with E-state index >= 15 is 0 Å². The smallest absolute Gasteiger partial charge is 0.178 e. The van der Waals surface area contributed by atoms with Gasteiger partial charge in [-0.25, -0.2) is 0 Å². The highest BCUT2D eigenvalue weighted by Crippen LogP contribution is 2.38. The van der Waals surface area contributed by atoms with Crippen molar-refractivity contribution in [3.8, 4) is 22.5 Å². The molecule has 0 aliphatic heterocycles. The van der Waals surface area contributed by atoms with Gasteiger partial charge in [0.05, 0.1) is 17.0 Å². The summed E-state index contributed by atoms with van der Waals surface area (Å²) in [6.45, 7) is 5.82. The van der Waals surface area contributed by atoms with Crippen molar-refractivity contribution in [2.24, 2.45) is 0 Å². The highest BCUT2D eigenvalue weighted by Gasteiger charge is 2.21. The SMILES string of the molecule is Cc1cc(-c2onc(N)c2-c2ccccc2C)c(C)nn1. The Balaban J connectivity index is 2.27. The summed E-state index contributed by atoms with van der Waals surface area (Å²) in [6, 6.07) is 9.95. The fraction of sp³-hybridized carbons (Fsp3) is 0.188. The van der Waals surface area contributed by atoms with Crippen LogP contribution in [0.2, 0.25) is 0 Å². The third kappa shape index (κ3) is 2.27. The lowest BCUT2D eigenvalue weighted by atomic mass is 9.97. The number of rotatable bonds is 2. The van der Waals surface area contributed by atoms with Crippen molar-refractivity contribution in [2.45, 2.75) is 20.8 Å². The summed E-state index contributed by atoms with van der Waals surface area (Å²) < 4.78 is 5.48. The maximum Gasteiger partial charge on any atom is 0.178 e. The van der Waals surface area contributed by atoms with E-state index in [0.717, 1.165) is 33.6 Å². The Morgan fingerprint density at radius 1 is 1.00 bits per heavy atom. The Morgan fingerprint density at radius 2 is 1.76 bits per heavy atom. The maximum absolute atomic E-state index is 6.03. The minimum atomic E-state index is 0.383. The van der Waals surface area contributed by atoms with Crippen LogP contribution < -0.4 is 5.73 Å². The van der Waals surface area contributed by atoms with Gasteiger partial charge in [0.15, 0.2) is 11.6 Å². The molecule has 0 bridgehead atoms. The molecule has 106 valence electrons. The van der Waals surface area contributed by atoms with Gasteiger partial charge in [0.25, 0.3) is 0 Å². The van der Waals surface area contributed by atoms with Gasteiger partial charge in [-0.1, -0.05) is 29.4 Å². The zero-order valence-corrected chi connectivity index (χ0v) is 12.2. The molecule has 5 nitrogen and oxygen atoms in total. The summed E-state index contributed by atoms with van der Waals surface area (Å²) in [4.78, 5) is 0. The Morgan fingerprint density at radius 3 is 2.52 bits per heavy atom. The normalized spacial score (nSPS) is 10.8. The molecule has 1 aromatic carbocycles. The standard InChI is InChI=1S/C16H16N4O/c1-9-6-4-5-7-12(9)14-15(21-20-16(14)17)13-8-10(2)18-19-11(13)3/h4-8H,1-3H3,(H2,17,20). The molecule has 0 radical (unpaired) electrons. The van der Waals surface area contributed by atoms with Crippen LogP contribution in [0.5, 0.6) is 0 Å². The predicted octanol–water partition coefficient (Wildman–Crippen LogP) is 3.31. The molecule has 2 heterocycles. The number of aromatic nitrogens is 3. The fourth-order valence-corrected chi connectivity index (χ4v) is 2.38. The van der Waals surface area contributed by atoms with Crippen LogP contribution in [-0.4, -0.2) is 15.4 Å². The highest BCUT2D eigenvalue weighted by molar-refractivity contribution is 5.88. The van der Waals surface area contributed by atoms with E-state index < -0.39 is 0 Å². The summed E-state index contributed by atoms with van der Waals surface area (Å²) in [5.74, 6) is 1.02. The molecule has 0 saturated heterocycles. The lowest BCUT2D eigenvalue weighted by Crippen LogP contribution is -1.95. The lowest BCUT2D eigenvalue weighted by Gasteiger charge is -2.07. The van der Waals surface area contributed by atoms with Gasteiger partial charge in [-0.3, -0.25) is 0 Å². The van der Waals surface area contributed by atoms with Gasteiger partial charge in [0.2, 0.25) is 0 Å². The molecule has 0 aliphatic carbocycles. The monoisotopic (exact) mass is 280 g/mol. The van der Waals surface area contributed by atoms with Crippen molar-refractivity contribution < 1.29 is 4.52 Å². The van der Waals surface area contributed by atoms with E-state index in [1.165, 1.54) is 0 Å². The van der Waals surface area contributed by atoms with Crippen molar-refractivity contribution in [1.82, 2.24) is 15.4 Å². The number of nitrogen functional groups attached to an aromatic ring is 1. The van der Waals surface area contributed by atoms with Crippen molar-refractivity contribution in [3.05, 3.63) is 47.3 Å². The van der Waals surface area contributed by atoms with Crippen LogP contribution >= 0.6 is 0 Å². The molecule has 21 heavy (non-hydrogen) atoms. The molecule has 0 saturated carbocycles. The molecule has 2 aromatic heterocycles. The minimum Gasteiger partial charge on any atom is -0.380 e. The Labute approximate surface area is 122 Å². The second-order valence-electron chi connectivity index (χ2n) is 5.07. The topological polar surface area (TPSA) is 77.8 Å². The van der Waals surface area contributed by atoms with Gasteiger partial charge < -0.3 is 10.3 Å². The number of nitrogens with zero attached hydrogens (tertiary/aromatic N) is 3. The molecular weight excluding hydrogens is 264 g/mol. The first kappa shape index (κ1) is 13.3. The second-order valence-corrected chi connectivity index (χ2v) is 5.07. The zero-order chi connectivity index (χ0) is 15.0. The number of benzene rings is 1. The molecule has 0 spiro atoms. The van der Waals surface area contributed by atoms with Gasteiger partial charge in [-0.2, -0.15) is 10.2 Å². The van der Waals surface area contributed by atoms with Crippen LogP contribution in [0.15, 0.2) is 34.9 Å². The quantitative estimate of drug-likeness (QED) is 0.779. The lowest BCUT2D eigenvalue weighted by molar-refractivity contribution is 0.435. The predicted molar refractivity (Wildman–Crippen MR) is 81.6 cm³/mol.